The predicted molar refractivity (Wildman–Crippen MR) is 103 cm³/mol. The fourth-order valence-corrected chi connectivity index (χ4v) is 3.39. The topological polar surface area (TPSA) is 78.9 Å². The highest BCUT2D eigenvalue weighted by atomic mass is 19.1. The molecule has 3 N–H and O–H groups in total. The largest absolute Gasteiger partial charge is 0.324 e. The van der Waals surface area contributed by atoms with E-state index in [0.717, 1.165) is 31.6 Å². The number of aromatic nitrogens is 2. The van der Waals surface area contributed by atoms with Gasteiger partial charge in [-0.05, 0) is 50.2 Å². The Morgan fingerprint density at radius 3 is 2.74 bits per heavy atom. The van der Waals surface area contributed by atoms with Crippen LogP contribution in [0.25, 0.3) is 10.9 Å². The molecule has 0 radical (unpaired) electrons. The van der Waals surface area contributed by atoms with E-state index in [1.165, 1.54) is 12.3 Å². The van der Waals surface area contributed by atoms with Crippen LogP contribution in [-0.2, 0) is 0 Å². The number of pyridine rings is 2. The molecule has 0 unspecified atom stereocenters. The monoisotopic (exact) mass is 365 g/mol. The Labute approximate surface area is 156 Å². The second-order valence-electron chi connectivity index (χ2n) is 6.55. The average molecular weight is 365 g/mol. The Morgan fingerprint density at radius 1 is 1.07 bits per heavy atom. The van der Waals surface area contributed by atoms with Crippen molar-refractivity contribution in [2.45, 2.75) is 18.8 Å². The van der Waals surface area contributed by atoms with Crippen LogP contribution in [0, 0.1) is 5.82 Å². The van der Waals surface area contributed by atoms with Gasteiger partial charge in [0.15, 0.2) is 0 Å². The lowest BCUT2D eigenvalue weighted by Gasteiger charge is -2.22. The zero-order valence-electron chi connectivity index (χ0n) is 14.7. The van der Waals surface area contributed by atoms with Crippen LogP contribution in [-0.4, -0.2) is 29.1 Å². The summed E-state index contributed by atoms with van der Waals surface area (Å²) < 4.78 is 13.9. The first-order valence-corrected chi connectivity index (χ1v) is 8.99. The number of urea groups is 1. The van der Waals surface area contributed by atoms with Gasteiger partial charge in [0.05, 0.1) is 5.69 Å². The van der Waals surface area contributed by atoms with E-state index in [1.807, 2.05) is 12.1 Å². The Hall–Kier alpha value is -3.06. The number of hydrogen-bond acceptors (Lipinski definition) is 4. The van der Waals surface area contributed by atoms with Crippen molar-refractivity contribution in [2.24, 2.45) is 0 Å². The molecule has 0 aliphatic carbocycles. The summed E-state index contributed by atoms with van der Waals surface area (Å²) in [4.78, 5) is 21.0. The van der Waals surface area contributed by atoms with E-state index in [9.17, 15) is 9.18 Å². The maximum Gasteiger partial charge on any atom is 0.324 e. The Balaban J connectivity index is 1.49. The van der Waals surface area contributed by atoms with Crippen molar-refractivity contribution in [1.29, 1.82) is 0 Å². The van der Waals surface area contributed by atoms with Gasteiger partial charge in [-0.15, -0.1) is 0 Å². The van der Waals surface area contributed by atoms with Gasteiger partial charge in [0.2, 0.25) is 0 Å². The van der Waals surface area contributed by atoms with Crippen LogP contribution in [0.3, 0.4) is 0 Å². The van der Waals surface area contributed by atoms with Crippen molar-refractivity contribution >= 4 is 28.4 Å². The lowest BCUT2D eigenvalue weighted by atomic mass is 9.94. The minimum absolute atomic E-state index is 0.223. The molecular weight excluding hydrogens is 345 g/mol. The summed E-state index contributed by atoms with van der Waals surface area (Å²) in [6.45, 7) is 1.96. The molecule has 4 rings (SSSR count). The van der Waals surface area contributed by atoms with Gasteiger partial charge in [0, 0.05) is 23.2 Å². The lowest BCUT2D eigenvalue weighted by Crippen LogP contribution is -2.27. The zero-order chi connectivity index (χ0) is 18.6. The van der Waals surface area contributed by atoms with Gasteiger partial charge in [-0.1, -0.05) is 18.2 Å². The van der Waals surface area contributed by atoms with Crippen LogP contribution in [0.1, 0.15) is 24.5 Å². The maximum absolute atomic E-state index is 13.9. The molecule has 7 heteroatoms. The predicted octanol–water partition coefficient (Wildman–Crippen LogP) is 3.88. The number of hydrogen-bond donors (Lipinski definition) is 3. The highest BCUT2D eigenvalue weighted by molar-refractivity contribution is 6.05. The smallest absolute Gasteiger partial charge is 0.317 e. The van der Waals surface area contributed by atoms with E-state index >= 15 is 0 Å². The van der Waals surface area contributed by atoms with Gasteiger partial charge in [0.25, 0.3) is 0 Å². The molecule has 2 amide bonds. The first kappa shape index (κ1) is 17.4. The van der Waals surface area contributed by atoms with E-state index < -0.39 is 11.8 Å². The zero-order valence-corrected chi connectivity index (χ0v) is 14.7. The van der Waals surface area contributed by atoms with Crippen molar-refractivity contribution in [1.82, 2.24) is 15.3 Å². The van der Waals surface area contributed by atoms with Gasteiger partial charge in [-0.2, -0.15) is 0 Å². The van der Waals surface area contributed by atoms with Crippen LogP contribution < -0.4 is 16.0 Å². The van der Waals surface area contributed by atoms with Gasteiger partial charge in [0.1, 0.15) is 17.2 Å². The van der Waals surface area contributed by atoms with Crippen molar-refractivity contribution < 1.29 is 9.18 Å². The average Bonchev–Trinajstić information content (AvgIpc) is 2.70. The second kappa shape index (κ2) is 7.67. The summed E-state index contributed by atoms with van der Waals surface area (Å²) >= 11 is 0. The van der Waals surface area contributed by atoms with E-state index in [-0.39, 0.29) is 5.52 Å². The quantitative estimate of drug-likeness (QED) is 0.658. The SMILES string of the molecule is O=C(Nc1cccc(C2CCNCC2)n1)Nc1ccnc2c(F)cccc12. The molecule has 2 aromatic heterocycles. The molecule has 1 saturated heterocycles. The third kappa shape index (κ3) is 3.88. The van der Waals surface area contributed by atoms with Crippen LogP contribution in [0.5, 0.6) is 0 Å². The van der Waals surface area contributed by atoms with Crippen LogP contribution in [0.15, 0.2) is 48.7 Å². The molecule has 138 valence electrons. The molecule has 3 aromatic rings. The number of anilines is 2. The lowest BCUT2D eigenvalue weighted by molar-refractivity contribution is 0.262. The summed E-state index contributed by atoms with van der Waals surface area (Å²) in [6, 6.07) is 11.5. The highest BCUT2D eigenvalue weighted by Crippen LogP contribution is 2.25. The number of carbonyl (C=O) groups is 1. The second-order valence-corrected chi connectivity index (χ2v) is 6.55. The van der Waals surface area contributed by atoms with E-state index in [4.69, 9.17) is 0 Å². The summed E-state index contributed by atoms with van der Waals surface area (Å²) in [6.07, 6.45) is 3.55. The Bertz CT molecular complexity index is 971. The van der Waals surface area contributed by atoms with E-state index in [2.05, 4.69) is 25.9 Å². The molecule has 0 atom stereocenters. The number of piperidine rings is 1. The number of amides is 2. The number of rotatable bonds is 3. The molecule has 27 heavy (non-hydrogen) atoms. The first-order chi connectivity index (χ1) is 13.2. The number of nitrogens with one attached hydrogen (secondary N) is 3. The molecule has 1 fully saturated rings. The highest BCUT2D eigenvalue weighted by Gasteiger charge is 2.17. The van der Waals surface area contributed by atoms with Crippen LogP contribution in [0.2, 0.25) is 0 Å². The molecular formula is C20H20FN5O. The van der Waals surface area contributed by atoms with Gasteiger partial charge >= 0.3 is 6.03 Å². The third-order valence-electron chi connectivity index (χ3n) is 4.74. The molecule has 0 saturated carbocycles. The van der Waals surface area contributed by atoms with Gasteiger partial charge < -0.3 is 10.6 Å². The third-order valence-corrected chi connectivity index (χ3v) is 4.74. The molecule has 1 aliphatic rings. The van der Waals surface area contributed by atoms with E-state index in [1.54, 1.807) is 24.3 Å². The van der Waals surface area contributed by atoms with Crippen molar-refractivity contribution in [3.05, 3.63) is 60.2 Å². The molecule has 1 aromatic carbocycles. The number of nitrogens with zero attached hydrogens (tertiary/aromatic N) is 2. The standard InChI is InChI=1S/C20H20FN5O/c21-15-4-1-3-14-17(9-12-23-19(14)15)25-20(27)26-18-6-2-5-16(24-18)13-7-10-22-11-8-13/h1-6,9,12-13,22H,7-8,10-11H2,(H2,23,24,25,26,27). The molecule has 1 aliphatic heterocycles. The minimum Gasteiger partial charge on any atom is -0.317 e. The molecule has 0 spiro atoms. The Kier molecular flexibility index (Phi) is 4.93. The summed E-state index contributed by atoms with van der Waals surface area (Å²) in [5.41, 5.74) is 1.71. The van der Waals surface area contributed by atoms with Crippen LogP contribution in [0.4, 0.5) is 20.7 Å². The molecule has 0 bridgehead atoms. The number of carbonyl (C=O) groups excluding carboxylic acids is 1. The fourth-order valence-electron chi connectivity index (χ4n) is 3.39. The number of fused-ring (bicyclic) bond motifs is 1. The van der Waals surface area contributed by atoms with E-state index in [0.29, 0.717) is 22.8 Å². The van der Waals surface area contributed by atoms with Crippen molar-refractivity contribution in [3.63, 3.8) is 0 Å². The Morgan fingerprint density at radius 2 is 1.89 bits per heavy atom. The number of benzene rings is 1. The molecule has 6 nitrogen and oxygen atoms in total. The summed E-state index contributed by atoms with van der Waals surface area (Å²) in [5.74, 6) is 0.476. The first-order valence-electron chi connectivity index (χ1n) is 8.99. The van der Waals surface area contributed by atoms with Gasteiger partial charge in [-0.25, -0.2) is 14.2 Å². The summed E-state index contributed by atoms with van der Waals surface area (Å²) in [5, 5.41) is 9.39. The number of halogens is 1. The van der Waals surface area contributed by atoms with Crippen molar-refractivity contribution in [3.8, 4) is 0 Å². The minimum atomic E-state index is -0.429. The number of para-hydroxylation sites is 1. The van der Waals surface area contributed by atoms with Gasteiger partial charge in [-0.3, -0.25) is 10.3 Å². The fraction of sp³-hybridized carbons (Fsp3) is 0.250. The molecule has 3 heterocycles. The maximum atomic E-state index is 13.9. The summed E-state index contributed by atoms with van der Waals surface area (Å²) in [7, 11) is 0. The van der Waals surface area contributed by atoms with Crippen LogP contribution >= 0.6 is 0 Å². The van der Waals surface area contributed by atoms with Crippen molar-refractivity contribution in [2.75, 3.05) is 23.7 Å². The normalized spacial score (nSPS) is 14.9.